The highest BCUT2D eigenvalue weighted by molar-refractivity contribution is 5.55. The molecule has 4 nitrogen and oxygen atoms in total. The Hall–Kier alpha value is -2.17. The Morgan fingerprint density at radius 1 is 1.10 bits per heavy atom. The maximum Gasteiger partial charge on any atom is 0.222 e. The fourth-order valence-corrected chi connectivity index (χ4v) is 2.53. The molecule has 1 aromatic heterocycles. The first-order chi connectivity index (χ1) is 9.84. The standard InChI is InChI=1S/C15H17FN4/c16-13-5-3-6-14(20-9-1-2-10-20)12(13)11-19-15-17-7-4-8-18-15/h3-8H,1-2,9-11H2,(H,17,18,19). The summed E-state index contributed by atoms with van der Waals surface area (Å²) in [6, 6.07) is 7.01. The number of benzene rings is 1. The molecule has 0 radical (unpaired) electrons. The number of nitrogens with one attached hydrogen (secondary N) is 1. The molecule has 1 aliphatic heterocycles. The lowest BCUT2D eigenvalue weighted by molar-refractivity contribution is 0.612. The Bertz CT molecular complexity index is 567. The number of aromatic nitrogens is 2. The van der Waals surface area contributed by atoms with E-state index < -0.39 is 0 Å². The predicted molar refractivity (Wildman–Crippen MR) is 77.2 cm³/mol. The molecule has 3 rings (SSSR count). The lowest BCUT2D eigenvalue weighted by atomic mass is 10.1. The van der Waals surface area contributed by atoms with Gasteiger partial charge in [0.2, 0.25) is 5.95 Å². The Balaban J connectivity index is 1.81. The van der Waals surface area contributed by atoms with E-state index >= 15 is 0 Å². The van der Waals surface area contributed by atoms with E-state index in [0.717, 1.165) is 18.8 Å². The molecular weight excluding hydrogens is 255 g/mol. The largest absolute Gasteiger partial charge is 0.371 e. The summed E-state index contributed by atoms with van der Waals surface area (Å²) in [5.74, 6) is 0.334. The highest BCUT2D eigenvalue weighted by Crippen LogP contribution is 2.27. The van der Waals surface area contributed by atoms with Crippen molar-refractivity contribution in [2.45, 2.75) is 19.4 Å². The summed E-state index contributed by atoms with van der Waals surface area (Å²) < 4.78 is 14.1. The van der Waals surface area contributed by atoms with Gasteiger partial charge >= 0.3 is 0 Å². The Kier molecular flexibility index (Phi) is 3.76. The van der Waals surface area contributed by atoms with Gasteiger partial charge in [0.25, 0.3) is 0 Å². The highest BCUT2D eigenvalue weighted by Gasteiger charge is 2.17. The second-order valence-electron chi connectivity index (χ2n) is 4.86. The van der Waals surface area contributed by atoms with Gasteiger partial charge in [0.05, 0.1) is 0 Å². The fourth-order valence-electron chi connectivity index (χ4n) is 2.53. The van der Waals surface area contributed by atoms with Gasteiger partial charge < -0.3 is 10.2 Å². The maximum absolute atomic E-state index is 14.1. The van der Waals surface area contributed by atoms with Crippen LogP contribution in [-0.4, -0.2) is 23.1 Å². The molecule has 1 fully saturated rings. The van der Waals surface area contributed by atoms with Crippen LogP contribution in [0.2, 0.25) is 0 Å². The summed E-state index contributed by atoms with van der Waals surface area (Å²) in [5.41, 5.74) is 1.66. The minimum Gasteiger partial charge on any atom is -0.371 e. The van der Waals surface area contributed by atoms with Crippen LogP contribution in [0.1, 0.15) is 18.4 Å². The molecule has 0 saturated carbocycles. The van der Waals surface area contributed by atoms with Gasteiger partial charge in [-0.2, -0.15) is 0 Å². The quantitative estimate of drug-likeness (QED) is 0.929. The number of hydrogen-bond donors (Lipinski definition) is 1. The lowest BCUT2D eigenvalue weighted by Crippen LogP contribution is -2.21. The van der Waals surface area contributed by atoms with E-state index in [1.165, 1.54) is 18.9 Å². The van der Waals surface area contributed by atoms with Crippen LogP contribution in [-0.2, 0) is 6.54 Å². The van der Waals surface area contributed by atoms with Crippen molar-refractivity contribution in [1.82, 2.24) is 9.97 Å². The fraction of sp³-hybridized carbons (Fsp3) is 0.333. The zero-order valence-corrected chi connectivity index (χ0v) is 11.2. The van der Waals surface area contributed by atoms with Gasteiger partial charge in [-0.1, -0.05) is 6.07 Å². The molecule has 0 unspecified atom stereocenters. The summed E-state index contributed by atoms with van der Waals surface area (Å²) >= 11 is 0. The molecule has 0 amide bonds. The first-order valence-corrected chi connectivity index (χ1v) is 6.88. The van der Waals surface area contributed by atoms with E-state index in [2.05, 4.69) is 20.2 Å². The Labute approximate surface area is 117 Å². The van der Waals surface area contributed by atoms with E-state index in [4.69, 9.17) is 0 Å². The normalized spacial score (nSPS) is 14.6. The van der Waals surface area contributed by atoms with Crippen molar-refractivity contribution in [2.24, 2.45) is 0 Å². The van der Waals surface area contributed by atoms with Crippen LogP contribution in [0.25, 0.3) is 0 Å². The molecule has 20 heavy (non-hydrogen) atoms. The molecule has 0 spiro atoms. The summed E-state index contributed by atoms with van der Waals surface area (Å²) in [7, 11) is 0. The summed E-state index contributed by atoms with van der Waals surface area (Å²) in [6.07, 6.45) is 5.67. The molecule has 104 valence electrons. The molecule has 1 aromatic carbocycles. The molecule has 2 heterocycles. The van der Waals surface area contributed by atoms with Crippen LogP contribution in [0, 0.1) is 5.82 Å². The molecule has 1 N–H and O–H groups in total. The number of hydrogen-bond acceptors (Lipinski definition) is 4. The van der Waals surface area contributed by atoms with Crippen molar-refractivity contribution in [3.05, 3.63) is 48.0 Å². The van der Waals surface area contributed by atoms with Gasteiger partial charge in [-0.3, -0.25) is 0 Å². The van der Waals surface area contributed by atoms with Crippen molar-refractivity contribution in [3.8, 4) is 0 Å². The molecule has 0 aliphatic carbocycles. The second kappa shape index (κ2) is 5.86. The zero-order chi connectivity index (χ0) is 13.8. The summed E-state index contributed by atoms with van der Waals surface area (Å²) in [5, 5.41) is 3.08. The zero-order valence-electron chi connectivity index (χ0n) is 11.2. The van der Waals surface area contributed by atoms with E-state index in [1.54, 1.807) is 24.5 Å². The Morgan fingerprint density at radius 2 is 1.85 bits per heavy atom. The van der Waals surface area contributed by atoms with Crippen molar-refractivity contribution >= 4 is 11.6 Å². The van der Waals surface area contributed by atoms with Crippen molar-refractivity contribution in [3.63, 3.8) is 0 Å². The first-order valence-electron chi connectivity index (χ1n) is 6.88. The van der Waals surface area contributed by atoms with Crippen molar-refractivity contribution in [1.29, 1.82) is 0 Å². The van der Waals surface area contributed by atoms with Crippen LogP contribution in [0.3, 0.4) is 0 Å². The van der Waals surface area contributed by atoms with Crippen molar-refractivity contribution < 1.29 is 4.39 Å². The lowest BCUT2D eigenvalue weighted by Gasteiger charge is -2.22. The first kappa shape index (κ1) is 12.8. The maximum atomic E-state index is 14.1. The van der Waals surface area contributed by atoms with Crippen LogP contribution < -0.4 is 10.2 Å². The second-order valence-corrected chi connectivity index (χ2v) is 4.86. The monoisotopic (exact) mass is 272 g/mol. The highest BCUT2D eigenvalue weighted by atomic mass is 19.1. The van der Waals surface area contributed by atoms with E-state index in [9.17, 15) is 4.39 Å². The van der Waals surface area contributed by atoms with E-state index in [-0.39, 0.29) is 5.82 Å². The van der Waals surface area contributed by atoms with Crippen LogP contribution >= 0.6 is 0 Å². The summed E-state index contributed by atoms with van der Waals surface area (Å²) in [4.78, 5) is 10.4. The smallest absolute Gasteiger partial charge is 0.222 e. The predicted octanol–water partition coefficient (Wildman–Crippen LogP) is 2.83. The molecule has 0 atom stereocenters. The van der Waals surface area contributed by atoms with Crippen LogP contribution in [0.4, 0.5) is 16.0 Å². The third-order valence-corrected chi connectivity index (χ3v) is 3.53. The Morgan fingerprint density at radius 3 is 2.60 bits per heavy atom. The number of nitrogens with zero attached hydrogens (tertiary/aromatic N) is 3. The third-order valence-electron chi connectivity index (χ3n) is 3.53. The van der Waals surface area contributed by atoms with E-state index in [0.29, 0.717) is 18.1 Å². The van der Waals surface area contributed by atoms with Gasteiger partial charge in [0.15, 0.2) is 0 Å². The van der Waals surface area contributed by atoms with Gasteiger partial charge in [0.1, 0.15) is 5.82 Å². The minimum absolute atomic E-state index is 0.183. The molecule has 1 aliphatic rings. The van der Waals surface area contributed by atoms with Gasteiger partial charge in [-0.15, -0.1) is 0 Å². The summed E-state index contributed by atoms with van der Waals surface area (Å²) in [6.45, 7) is 2.39. The van der Waals surface area contributed by atoms with Crippen LogP contribution in [0.5, 0.6) is 0 Å². The molecule has 2 aromatic rings. The molecule has 0 bridgehead atoms. The third kappa shape index (κ3) is 2.71. The number of anilines is 2. The number of rotatable bonds is 4. The van der Waals surface area contributed by atoms with Crippen molar-refractivity contribution in [2.75, 3.05) is 23.3 Å². The molecular formula is C15H17FN4. The SMILES string of the molecule is Fc1cccc(N2CCCC2)c1CNc1ncccn1. The minimum atomic E-state index is -0.183. The van der Waals surface area contributed by atoms with E-state index in [1.807, 2.05) is 6.07 Å². The molecule has 1 saturated heterocycles. The van der Waals surface area contributed by atoms with Crippen LogP contribution in [0.15, 0.2) is 36.7 Å². The average Bonchev–Trinajstić information content (AvgIpc) is 3.01. The van der Waals surface area contributed by atoms with Gasteiger partial charge in [-0.25, -0.2) is 14.4 Å². The topological polar surface area (TPSA) is 41.0 Å². The van der Waals surface area contributed by atoms with Gasteiger partial charge in [0, 0.05) is 43.3 Å². The molecule has 5 heteroatoms. The number of halogens is 1. The average molecular weight is 272 g/mol. The van der Waals surface area contributed by atoms with Gasteiger partial charge in [-0.05, 0) is 31.0 Å².